The zero-order valence-corrected chi connectivity index (χ0v) is 9.33. The lowest BCUT2D eigenvalue weighted by Gasteiger charge is -2.22. The summed E-state index contributed by atoms with van der Waals surface area (Å²) in [6.07, 6.45) is -1.00. The van der Waals surface area contributed by atoms with Crippen molar-refractivity contribution in [2.24, 2.45) is 11.8 Å². The number of carbonyl (C=O) groups is 2. The van der Waals surface area contributed by atoms with Gasteiger partial charge in [0.05, 0.1) is 5.92 Å². The van der Waals surface area contributed by atoms with Gasteiger partial charge in [0.1, 0.15) is 0 Å². The van der Waals surface area contributed by atoms with Gasteiger partial charge in [-0.1, -0.05) is 19.8 Å². The van der Waals surface area contributed by atoms with Crippen LogP contribution < -0.4 is 0 Å². The minimum atomic E-state index is -5.08. The number of hydrogen-bond acceptors (Lipinski definition) is 2. The van der Waals surface area contributed by atoms with Crippen LogP contribution >= 0.6 is 0 Å². The van der Waals surface area contributed by atoms with Crippen LogP contribution in [0.1, 0.15) is 32.6 Å². The molecule has 0 aromatic rings. The Balaban J connectivity index is 0.000000325. The summed E-state index contributed by atoms with van der Waals surface area (Å²) >= 11 is 0. The van der Waals surface area contributed by atoms with Crippen LogP contribution in [0.15, 0.2) is 0 Å². The first-order chi connectivity index (χ1) is 7.64. The van der Waals surface area contributed by atoms with Crippen LogP contribution in [-0.2, 0) is 9.59 Å². The summed E-state index contributed by atoms with van der Waals surface area (Å²) in [6.45, 7) is 2.13. The van der Waals surface area contributed by atoms with Gasteiger partial charge in [0.2, 0.25) is 0 Å². The number of hydrogen-bond donors (Lipinski definition) is 2. The minimum absolute atomic E-state index is 0.0521. The third-order valence-electron chi connectivity index (χ3n) is 2.53. The zero-order chi connectivity index (χ0) is 13.6. The monoisotopic (exact) mass is 256 g/mol. The van der Waals surface area contributed by atoms with Gasteiger partial charge in [-0.3, -0.25) is 4.79 Å². The molecule has 1 rings (SSSR count). The Morgan fingerprint density at radius 3 is 1.88 bits per heavy atom. The molecule has 0 spiro atoms. The summed E-state index contributed by atoms with van der Waals surface area (Å²) < 4.78 is 31.7. The van der Waals surface area contributed by atoms with Crippen molar-refractivity contribution in [1.82, 2.24) is 0 Å². The molecule has 2 unspecified atom stereocenters. The Morgan fingerprint density at radius 1 is 1.18 bits per heavy atom. The van der Waals surface area contributed by atoms with E-state index in [4.69, 9.17) is 15.0 Å². The van der Waals surface area contributed by atoms with E-state index in [0.717, 1.165) is 19.3 Å². The lowest BCUT2D eigenvalue weighted by molar-refractivity contribution is -0.192. The fraction of sp³-hybridized carbons (Fsp3) is 0.800. The van der Waals surface area contributed by atoms with Crippen LogP contribution in [0.2, 0.25) is 0 Å². The number of alkyl halides is 3. The molecule has 17 heavy (non-hydrogen) atoms. The van der Waals surface area contributed by atoms with Gasteiger partial charge in [0, 0.05) is 0 Å². The predicted molar refractivity (Wildman–Crippen MR) is 52.4 cm³/mol. The molecule has 1 fully saturated rings. The zero-order valence-electron chi connectivity index (χ0n) is 9.33. The molecule has 0 saturated heterocycles. The molecular weight excluding hydrogens is 241 g/mol. The second-order valence-corrected chi connectivity index (χ2v) is 4.11. The topological polar surface area (TPSA) is 74.6 Å². The Bertz CT molecular complexity index is 275. The van der Waals surface area contributed by atoms with E-state index in [1.807, 2.05) is 0 Å². The Kier molecular flexibility index (Phi) is 5.98. The highest BCUT2D eigenvalue weighted by Gasteiger charge is 2.38. The first-order valence-corrected chi connectivity index (χ1v) is 5.17. The Labute approximate surface area is 96.4 Å². The van der Waals surface area contributed by atoms with Gasteiger partial charge in [-0.2, -0.15) is 13.2 Å². The van der Waals surface area contributed by atoms with Crippen molar-refractivity contribution >= 4 is 11.9 Å². The summed E-state index contributed by atoms with van der Waals surface area (Å²) in [5.41, 5.74) is 0. The van der Waals surface area contributed by atoms with E-state index in [9.17, 15) is 18.0 Å². The molecule has 4 nitrogen and oxygen atoms in total. The quantitative estimate of drug-likeness (QED) is 0.756. The van der Waals surface area contributed by atoms with Gasteiger partial charge in [-0.05, 0) is 18.8 Å². The average Bonchev–Trinajstić information content (AvgIpc) is 2.17. The largest absolute Gasteiger partial charge is 0.490 e. The maximum Gasteiger partial charge on any atom is 0.490 e. The molecule has 1 aliphatic carbocycles. The fourth-order valence-electron chi connectivity index (χ4n) is 1.66. The van der Waals surface area contributed by atoms with Crippen LogP contribution in [0.3, 0.4) is 0 Å². The van der Waals surface area contributed by atoms with E-state index >= 15 is 0 Å². The van der Waals surface area contributed by atoms with Gasteiger partial charge in [0.15, 0.2) is 0 Å². The van der Waals surface area contributed by atoms with Crippen LogP contribution in [-0.4, -0.2) is 28.3 Å². The Hall–Kier alpha value is -1.27. The second kappa shape index (κ2) is 6.46. The molecule has 1 saturated carbocycles. The van der Waals surface area contributed by atoms with Crippen molar-refractivity contribution in [3.05, 3.63) is 0 Å². The van der Waals surface area contributed by atoms with Gasteiger partial charge < -0.3 is 10.2 Å². The third-order valence-corrected chi connectivity index (χ3v) is 2.53. The SMILES string of the molecule is CC1CCCC(C(=O)O)C1.O=C(O)C(F)(F)F. The molecule has 0 aliphatic heterocycles. The Morgan fingerprint density at radius 2 is 1.65 bits per heavy atom. The molecular formula is C10H15F3O4. The van der Waals surface area contributed by atoms with Crippen molar-refractivity contribution in [3.8, 4) is 0 Å². The highest BCUT2D eigenvalue weighted by Crippen LogP contribution is 2.28. The maximum absolute atomic E-state index is 10.6. The van der Waals surface area contributed by atoms with E-state index < -0.39 is 18.1 Å². The molecule has 2 N–H and O–H groups in total. The number of aliphatic carboxylic acids is 2. The summed E-state index contributed by atoms with van der Waals surface area (Å²) in [7, 11) is 0. The summed E-state index contributed by atoms with van der Waals surface area (Å²) in [5, 5.41) is 15.8. The number of carboxylic acid groups (broad SMARTS) is 2. The number of halogens is 3. The minimum Gasteiger partial charge on any atom is -0.481 e. The van der Waals surface area contributed by atoms with E-state index in [-0.39, 0.29) is 5.92 Å². The molecule has 7 heteroatoms. The van der Waals surface area contributed by atoms with Crippen molar-refractivity contribution in [2.75, 3.05) is 0 Å². The van der Waals surface area contributed by atoms with E-state index in [0.29, 0.717) is 5.92 Å². The summed E-state index contributed by atoms with van der Waals surface area (Å²) in [4.78, 5) is 19.4. The van der Waals surface area contributed by atoms with Crippen molar-refractivity contribution in [3.63, 3.8) is 0 Å². The molecule has 0 bridgehead atoms. The molecule has 0 radical (unpaired) electrons. The lowest BCUT2D eigenvalue weighted by Crippen LogP contribution is -2.21. The van der Waals surface area contributed by atoms with E-state index in [1.54, 1.807) is 0 Å². The van der Waals surface area contributed by atoms with Gasteiger partial charge in [-0.15, -0.1) is 0 Å². The summed E-state index contributed by atoms with van der Waals surface area (Å²) in [6, 6.07) is 0. The van der Waals surface area contributed by atoms with Gasteiger partial charge >= 0.3 is 18.1 Å². The molecule has 0 aromatic heterocycles. The summed E-state index contributed by atoms with van der Waals surface area (Å²) in [5.74, 6) is -2.79. The van der Waals surface area contributed by atoms with Crippen molar-refractivity contribution in [2.45, 2.75) is 38.8 Å². The molecule has 100 valence electrons. The molecule has 2 atom stereocenters. The van der Waals surface area contributed by atoms with E-state index in [2.05, 4.69) is 6.92 Å². The van der Waals surface area contributed by atoms with Crippen molar-refractivity contribution < 1.29 is 33.0 Å². The first-order valence-electron chi connectivity index (χ1n) is 5.17. The van der Waals surface area contributed by atoms with Crippen LogP contribution in [0.5, 0.6) is 0 Å². The van der Waals surface area contributed by atoms with Gasteiger partial charge in [0.25, 0.3) is 0 Å². The lowest BCUT2D eigenvalue weighted by atomic mass is 9.83. The van der Waals surface area contributed by atoms with Crippen molar-refractivity contribution in [1.29, 1.82) is 0 Å². The van der Waals surface area contributed by atoms with Crippen LogP contribution in [0.25, 0.3) is 0 Å². The second-order valence-electron chi connectivity index (χ2n) is 4.11. The fourth-order valence-corrected chi connectivity index (χ4v) is 1.66. The van der Waals surface area contributed by atoms with Gasteiger partial charge in [-0.25, -0.2) is 4.79 Å². The smallest absolute Gasteiger partial charge is 0.481 e. The van der Waals surface area contributed by atoms with Crippen LogP contribution in [0.4, 0.5) is 13.2 Å². The highest BCUT2D eigenvalue weighted by molar-refractivity contribution is 5.73. The van der Waals surface area contributed by atoms with Crippen LogP contribution in [0, 0.1) is 11.8 Å². The molecule has 0 heterocycles. The number of carboxylic acids is 2. The highest BCUT2D eigenvalue weighted by atomic mass is 19.4. The predicted octanol–water partition coefficient (Wildman–Crippen LogP) is 2.53. The first kappa shape index (κ1) is 15.7. The standard InChI is InChI=1S/C8H14O2.C2HF3O2/c1-6-3-2-4-7(5-6)8(9)10;3-2(4,5)1(6)7/h6-7H,2-5H2,1H3,(H,9,10);(H,6,7). The molecule has 0 aromatic carbocycles. The average molecular weight is 256 g/mol. The normalized spacial score (nSPS) is 24.5. The third kappa shape index (κ3) is 6.80. The van der Waals surface area contributed by atoms with E-state index in [1.165, 1.54) is 6.42 Å². The molecule has 0 amide bonds. The maximum atomic E-state index is 10.6. The number of rotatable bonds is 1. The molecule has 1 aliphatic rings.